The van der Waals surface area contributed by atoms with Gasteiger partial charge in [0.2, 0.25) is 0 Å². The van der Waals surface area contributed by atoms with Crippen LogP contribution in [0.15, 0.2) is 22.8 Å². The van der Waals surface area contributed by atoms with Gasteiger partial charge in [-0.3, -0.25) is 0 Å². The van der Waals surface area contributed by atoms with Crippen LogP contribution < -0.4 is 4.90 Å². The summed E-state index contributed by atoms with van der Waals surface area (Å²) in [5.41, 5.74) is 0. The van der Waals surface area contributed by atoms with Crippen molar-refractivity contribution in [1.29, 1.82) is 0 Å². The van der Waals surface area contributed by atoms with Crippen LogP contribution in [-0.2, 0) is 4.74 Å². The summed E-state index contributed by atoms with van der Waals surface area (Å²) in [6, 6.07) is 3.86. The fourth-order valence-corrected chi connectivity index (χ4v) is 1.22. The molecular formula is C11H19NO2. The van der Waals surface area contributed by atoms with Crippen LogP contribution in [0, 0.1) is 0 Å². The molecule has 0 N–H and O–H groups in total. The first-order valence-corrected chi connectivity index (χ1v) is 5.06. The summed E-state index contributed by atoms with van der Waals surface area (Å²) < 4.78 is 10.7. The lowest BCUT2D eigenvalue weighted by Crippen LogP contribution is -2.19. The summed E-state index contributed by atoms with van der Waals surface area (Å²) in [4.78, 5) is 2.09. The largest absolute Gasteiger partial charge is 0.449 e. The van der Waals surface area contributed by atoms with Crippen molar-refractivity contribution in [1.82, 2.24) is 0 Å². The number of rotatable bonds is 6. The Balaban J connectivity index is 2.13. The molecule has 3 nitrogen and oxygen atoms in total. The minimum absolute atomic E-state index is 0.323. The van der Waals surface area contributed by atoms with Gasteiger partial charge in [0, 0.05) is 26.3 Å². The van der Waals surface area contributed by atoms with Gasteiger partial charge in [-0.1, -0.05) is 0 Å². The van der Waals surface area contributed by atoms with Crippen LogP contribution in [0.1, 0.15) is 20.3 Å². The fraction of sp³-hybridized carbons (Fsp3) is 0.636. The van der Waals surface area contributed by atoms with Gasteiger partial charge in [0.1, 0.15) is 0 Å². The Morgan fingerprint density at radius 1 is 1.50 bits per heavy atom. The summed E-state index contributed by atoms with van der Waals surface area (Å²) in [5, 5.41) is 0. The number of nitrogens with zero attached hydrogens (tertiary/aromatic N) is 1. The quantitative estimate of drug-likeness (QED) is 0.655. The second kappa shape index (κ2) is 5.70. The van der Waals surface area contributed by atoms with Crippen LogP contribution in [0.2, 0.25) is 0 Å². The Labute approximate surface area is 85.7 Å². The average molecular weight is 197 g/mol. The van der Waals surface area contributed by atoms with E-state index in [1.807, 2.05) is 19.2 Å². The Morgan fingerprint density at radius 3 is 2.86 bits per heavy atom. The van der Waals surface area contributed by atoms with Gasteiger partial charge in [0.25, 0.3) is 0 Å². The molecule has 80 valence electrons. The highest BCUT2D eigenvalue weighted by Gasteiger charge is 2.02. The molecule has 0 unspecified atom stereocenters. The molecule has 0 spiro atoms. The zero-order valence-corrected chi connectivity index (χ0v) is 9.19. The van der Waals surface area contributed by atoms with Gasteiger partial charge in [0.05, 0.1) is 12.4 Å². The molecule has 0 aliphatic carbocycles. The summed E-state index contributed by atoms with van der Waals surface area (Å²) in [6.45, 7) is 5.87. The van der Waals surface area contributed by atoms with Gasteiger partial charge in [-0.25, -0.2) is 0 Å². The number of hydrogen-bond donors (Lipinski definition) is 0. The monoisotopic (exact) mass is 197 g/mol. The maximum Gasteiger partial charge on any atom is 0.194 e. The predicted molar refractivity (Wildman–Crippen MR) is 57.7 cm³/mol. The van der Waals surface area contributed by atoms with E-state index in [4.69, 9.17) is 9.15 Å². The van der Waals surface area contributed by atoms with E-state index in [1.165, 1.54) is 0 Å². The van der Waals surface area contributed by atoms with Gasteiger partial charge in [-0.15, -0.1) is 0 Å². The van der Waals surface area contributed by atoms with E-state index in [2.05, 4.69) is 18.7 Å². The van der Waals surface area contributed by atoms with Crippen LogP contribution in [0.5, 0.6) is 0 Å². The van der Waals surface area contributed by atoms with E-state index >= 15 is 0 Å². The van der Waals surface area contributed by atoms with E-state index in [0.29, 0.717) is 6.10 Å². The smallest absolute Gasteiger partial charge is 0.194 e. The van der Waals surface area contributed by atoms with Gasteiger partial charge < -0.3 is 14.1 Å². The molecule has 1 heterocycles. The first-order chi connectivity index (χ1) is 6.70. The molecule has 0 saturated carbocycles. The summed E-state index contributed by atoms with van der Waals surface area (Å²) >= 11 is 0. The van der Waals surface area contributed by atoms with Crippen molar-refractivity contribution >= 4 is 5.88 Å². The second-order valence-corrected chi connectivity index (χ2v) is 3.65. The molecule has 0 saturated heterocycles. The van der Waals surface area contributed by atoms with Gasteiger partial charge in [0.15, 0.2) is 5.88 Å². The van der Waals surface area contributed by atoms with Crippen molar-refractivity contribution in [2.45, 2.75) is 26.4 Å². The van der Waals surface area contributed by atoms with Crippen molar-refractivity contribution < 1.29 is 9.15 Å². The molecule has 1 rings (SSSR count). The molecule has 1 aromatic heterocycles. The molecule has 0 amide bonds. The predicted octanol–water partition coefficient (Wildman–Crippen LogP) is 2.53. The summed E-state index contributed by atoms with van der Waals surface area (Å²) in [7, 11) is 2.02. The van der Waals surface area contributed by atoms with Crippen LogP contribution in [0.3, 0.4) is 0 Å². The minimum Gasteiger partial charge on any atom is -0.449 e. The van der Waals surface area contributed by atoms with Gasteiger partial charge in [-0.2, -0.15) is 0 Å². The highest BCUT2D eigenvalue weighted by molar-refractivity contribution is 5.32. The summed E-state index contributed by atoms with van der Waals surface area (Å²) in [6.07, 6.45) is 3.04. The maximum atomic E-state index is 5.45. The molecular weight excluding hydrogens is 178 g/mol. The summed E-state index contributed by atoms with van der Waals surface area (Å²) in [5.74, 6) is 0.912. The standard InChI is InChI=1S/C11H19NO2/c1-10(2)13-9-5-7-12(3)11-6-4-8-14-11/h4,6,8,10H,5,7,9H2,1-3H3. The molecule has 3 heteroatoms. The van der Waals surface area contributed by atoms with E-state index in [1.54, 1.807) is 6.26 Å². The highest BCUT2D eigenvalue weighted by Crippen LogP contribution is 2.12. The molecule has 0 atom stereocenters. The zero-order valence-electron chi connectivity index (χ0n) is 9.19. The highest BCUT2D eigenvalue weighted by atomic mass is 16.5. The number of furan rings is 1. The lowest BCUT2D eigenvalue weighted by molar-refractivity contribution is 0.0780. The van der Waals surface area contributed by atoms with Crippen LogP contribution >= 0.6 is 0 Å². The zero-order chi connectivity index (χ0) is 10.4. The molecule has 1 aromatic rings. The van der Waals surface area contributed by atoms with E-state index in [0.717, 1.165) is 25.5 Å². The van der Waals surface area contributed by atoms with E-state index in [-0.39, 0.29) is 0 Å². The molecule has 0 aliphatic rings. The third-order valence-corrected chi connectivity index (χ3v) is 1.97. The molecule has 0 radical (unpaired) electrons. The van der Waals surface area contributed by atoms with Crippen LogP contribution in [-0.4, -0.2) is 26.3 Å². The first-order valence-electron chi connectivity index (χ1n) is 5.06. The first kappa shape index (κ1) is 11.1. The van der Waals surface area contributed by atoms with Crippen LogP contribution in [0.4, 0.5) is 5.88 Å². The van der Waals surface area contributed by atoms with Crippen LogP contribution in [0.25, 0.3) is 0 Å². The van der Waals surface area contributed by atoms with Crippen molar-refractivity contribution in [3.05, 3.63) is 18.4 Å². The molecule has 0 aromatic carbocycles. The normalized spacial score (nSPS) is 10.9. The van der Waals surface area contributed by atoms with Crippen molar-refractivity contribution in [3.63, 3.8) is 0 Å². The van der Waals surface area contributed by atoms with Crippen molar-refractivity contribution in [2.24, 2.45) is 0 Å². The maximum absolute atomic E-state index is 5.45. The lowest BCUT2D eigenvalue weighted by Gasteiger charge is -2.16. The molecule has 0 bridgehead atoms. The average Bonchev–Trinajstić information content (AvgIpc) is 2.64. The second-order valence-electron chi connectivity index (χ2n) is 3.65. The topological polar surface area (TPSA) is 25.6 Å². The lowest BCUT2D eigenvalue weighted by atomic mass is 10.4. The van der Waals surface area contributed by atoms with Crippen molar-refractivity contribution in [3.8, 4) is 0 Å². The Kier molecular flexibility index (Phi) is 4.53. The number of anilines is 1. The number of ether oxygens (including phenoxy) is 1. The van der Waals surface area contributed by atoms with Crippen molar-refractivity contribution in [2.75, 3.05) is 25.1 Å². The Hall–Kier alpha value is -0.960. The SMILES string of the molecule is CC(C)OCCCN(C)c1ccco1. The third-order valence-electron chi connectivity index (χ3n) is 1.97. The Morgan fingerprint density at radius 2 is 2.29 bits per heavy atom. The molecule has 0 fully saturated rings. The van der Waals surface area contributed by atoms with Gasteiger partial charge >= 0.3 is 0 Å². The van der Waals surface area contributed by atoms with Gasteiger partial charge in [-0.05, 0) is 26.3 Å². The molecule has 14 heavy (non-hydrogen) atoms. The van der Waals surface area contributed by atoms with E-state index in [9.17, 15) is 0 Å². The number of hydrogen-bond acceptors (Lipinski definition) is 3. The Bertz CT molecular complexity index is 231. The third kappa shape index (κ3) is 3.83. The fourth-order valence-electron chi connectivity index (χ4n) is 1.22. The minimum atomic E-state index is 0.323. The molecule has 0 aliphatic heterocycles. The van der Waals surface area contributed by atoms with E-state index < -0.39 is 0 Å².